The van der Waals surface area contributed by atoms with Crippen LogP contribution in [0.4, 0.5) is 9.18 Å². The fourth-order valence-corrected chi connectivity index (χ4v) is 3.46. The molecular weight excluding hydrogens is 389 g/mol. The van der Waals surface area contributed by atoms with Crippen molar-refractivity contribution in [2.45, 2.75) is 19.0 Å². The summed E-state index contributed by atoms with van der Waals surface area (Å²) in [4.78, 5) is 38.7. The lowest BCUT2D eigenvalue weighted by atomic mass is 9.99. The summed E-state index contributed by atoms with van der Waals surface area (Å²) in [7, 11) is 1.51. The Bertz CT molecular complexity index is 1150. The third kappa shape index (κ3) is 3.35. The number of urea groups is 1. The topological polar surface area (TPSA) is 87.7 Å². The van der Waals surface area contributed by atoms with Crippen LogP contribution in [-0.2, 0) is 11.3 Å². The van der Waals surface area contributed by atoms with Gasteiger partial charge in [-0.05, 0) is 42.3 Å². The number of aryl methyl sites for hydroxylation is 1. The van der Waals surface area contributed by atoms with Gasteiger partial charge in [0.05, 0.1) is 13.7 Å². The van der Waals surface area contributed by atoms with Gasteiger partial charge in [-0.3, -0.25) is 14.9 Å². The fraction of sp³-hybridized carbons (Fsp3) is 0.227. The van der Waals surface area contributed by atoms with Crippen LogP contribution in [0.2, 0.25) is 0 Å². The molecule has 0 aromatic heterocycles. The van der Waals surface area contributed by atoms with E-state index in [0.29, 0.717) is 22.4 Å². The quantitative estimate of drug-likeness (QED) is 0.599. The molecule has 0 spiro atoms. The Kier molecular flexibility index (Phi) is 4.66. The van der Waals surface area contributed by atoms with Crippen LogP contribution in [0.1, 0.15) is 27.0 Å². The highest BCUT2D eigenvalue weighted by molar-refractivity contribution is 6.10. The molecule has 2 aliphatic heterocycles. The zero-order valence-electron chi connectivity index (χ0n) is 16.3. The zero-order chi connectivity index (χ0) is 21.5. The maximum Gasteiger partial charge on any atom is 0.323 e. The maximum atomic E-state index is 13.8. The number of halogens is 1. The lowest BCUT2D eigenvalue weighted by molar-refractivity contribution is -0.122. The van der Waals surface area contributed by atoms with Crippen molar-refractivity contribution in [1.29, 1.82) is 0 Å². The molecule has 1 fully saturated rings. The van der Waals surface area contributed by atoms with E-state index in [1.807, 2.05) is 0 Å². The van der Waals surface area contributed by atoms with Crippen LogP contribution in [0, 0.1) is 24.6 Å². The van der Waals surface area contributed by atoms with Gasteiger partial charge in [-0.15, -0.1) is 0 Å². The van der Waals surface area contributed by atoms with Crippen LogP contribution in [0.5, 0.6) is 5.75 Å². The maximum absolute atomic E-state index is 13.8. The molecule has 2 aliphatic rings. The number of nitrogens with zero attached hydrogens (tertiary/aromatic N) is 1. The lowest BCUT2D eigenvalue weighted by Gasteiger charge is -2.26. The molecule has 7 nitrogen and oxygen atoms in total. The Morgan fingerprint density at radius 1 is 1.20 bits per heavy atom. The van der Waals surface area contributed by atoms with E-state index in [0.717, 1.165) is 5.56 Å². The summed E-state index contributed by atoms with van der Waals surface area (Å²) in [5, 5.41) is 4.69. The van der Waals surface area contributed by atoms with E-state index in [1.165, 1.54) is 18.1 Å². The van der Waals surface area contributed by atoms with Crippen LogP contribution in [0.25, 0.3) is 0 Å². The first-order valence-corrected chi connectivity index (χ1v) is 9.20. The van der Waals surface area contributed by atoms with Gasteiger partial charge in [-0.1, -0.05) is 24.0 Å². The molecule has 0 radical (unpaired) electrons. The van der Waals surface area contributed by atoms with Crippen LogP contribution < -0.4 is 15.4 Å². The van der Waals surface area contributed by atoms with Crippen molar-refractivity contribution in [2.24, 2.45) is 0 Å². The molecule has 4 amide bonds. The fourth-order valence-electron chi connectivity index (χ4n) is 3.46. The number of hydrogen-bond acceptors (Lipinski definition) is 4. The second-order valence-corrected chi connectivity index (χ2v) is 7.21. The van der Waals surface area contributed by atoms with Gasteiger partial charge in [-0.2, -0.15) is 0 Å². The number of amides is 4. The molecule has 0 bridgehead atoms. The summed E-state index contributed by atoms with van der Waals surface area (Å²) in [5.74, 6) is 4.68. The highest BCUT2D eigenvalue weighted by atomic mass is 19.1. The summed E-state index contributed by atoms with van der Waals surface area (Å²) in [6.07, 6.45) is 0. The zero-order valence-corrected chi connectivity index (χ0v) is 16.3. The molecule has 1 saturated heterocycles. The average Bonchev–Trinajstić information content (AvgIpc) is 3.18. The van der Waals surface area contributed by atoms with E-state index in [1.54, 1.807) is 37.3 Å². The molecule has 2 aromatic carbocycles. The second kappa shape index (κ2) is 7.19. The van der Waals surface area contributed by atoms with Gasteiger partial charge in [0, 0.05) is 17.7 Å². The molecule has 4 rings (SSSR count). The first-order chi connectivity index (χ1) is 14.3. The number of ether oxygens (including phenoxy) is 1. The van der Waals surface area contributed by atoms with E-state index in [2.05, 4.69) is 22.5 Å². The van der Waals surface area contributed by atoms with Gasteiger partial charge in [0.15, 0.2) is 0 Å². The summed E-state index contributed by atoms with van der Waals surface area (Å²) >= 11 is 0. The van der Waals surface area contributed by atoms with Gasteiger partial charge in [-0.25, -0.2) is 9.18 Å². The third-order valence-corrected chi connectivity index (χ3v) is 5.16. The van der Waals surface area contributed by atoms with Crippen molar-refractivity contribution < 1.29 is 23.5 Å². The molecule has 2 N–H and O–H groups in total. The Morgan fingerprint density at radius 2 is 2.00 bits per heavy atom. The molecule has 2 heterocycles. The highest BCUT2D eigenvalue weighted by Gasteiger charge is 2.48. The van der Waals surface area contributed by atoms with Crippen molar-refractivity contribution in [3.8, 4) is 17.6 Å². The number of rotatable bonds is 3. The summed E-state index contributed by atoms with van der Waals surface area (Å²) in [6.45, 7) is 1.75. The largest absolute Gasteiger partial charge is 0.497 e. The van der Waals surface area contributed by atoms with Gasteiger partial charge in [0.2, 0.25) is 5.54 Å². The van der Waals surface area contributed by atoms with Crippen molar-refractivity contribution >= 4 is 17.8 Å². The molecule has 0 aliphatic carbocycles. The van der Waals surface area contributed by atoms with Crippen LogP contribution in [0.3, 0.4) is 0 Å². The molecule has 152 valence electrons. The summed E-state index contributed by atoms with van der Waals surface area (Å²) in [6, 6.07) is 8.93. The predicted octanol–water partition coefficient (Wildman–Crippen LogP) is 1.73. The Balaban J connectivity index is 1.65. The first-order valence-electron chi connectivity index (χ1n) is 9.20. The Hall–Kier alpha value is -3.86. The minimum absolute atomic E-state index is 0.151. The van der Waals surface area contributed by atoms with E-state index in [-0.39, 0.29) is 19.0 Å². The number of hydrogen-bond donors (Lipinski definition) is 2. The Morgan fingerprint density at radius 3 is 2.67 bits per heavy atom. The SMILES string of the molecule is COc1ccc2c(c1)C(=O)N(C[C@@]1(C#Cc3ccc(C)c(F)c3)NC(=O)NC1=O)C2. The molecular formula is C22H18FN3O4. The van der Waals surface area contributed by atoms with Crippen LogP contribution in [-0.4, -0.2) is 41.9 Å². The van der Waals surface area contributed by atoms with E-state index in [4.69, 9.17) is 4.74 Å². The molecule has 1 atom stereocenters. The number of benzene rings is 2. The molecule has 30 heavy (non-hydrogen) atoms. The van der Waals surface area contributed by atoms with Crippen molar-refractivity contribution in [3.05, 3.63) is 64.5 Å². The van der Waals surface area contributed by atoms with Gasteiger partial charge >= 0.3 is 6.03 Å². The molecule has 0 unspecified atom stereocenters. The number of nitrogens with one attached hydrogen (secondary N) is 2. The number of imide groups is 1. The van der Waals surface area contributed by atoms with Gasteiger partial charge < -0.3 is 15.0 Å². The Labute approximate surface area is 172 Å². The number of carbonyl (C=O) groups excluding carboxylic acids is 3. The number of methoxy groups -OCH3 is 1. The monoisotopic (exact) mass is 407 g/mol. The van der Waals surface area contributed by atoms with Crippen LogP contribution >= 0.6 is 0 Å². The molecule has 0 saturated carbocycles. The van der Waals surface area contributed by atoms with Crippen molar-refractivity contribution in [1.82, 2.24) is 15.5 Å². The summed E-state index contributed by atoms with van der Waals surface area (Å²) < 4.78 is 19.0. The lowest BCUT2D eigenvalue weighted by Crippen LogP contribution is -2.54. The molecule has 2 aromatic rings. The highest BCUT2D eigenvalue weighted by Crippen LogP contribution is 2.28. The minimum atomic E-state index is -1.64. The normalized spacial score (nSPS) is 19.7. The van der Waals surface area contributed by atoms with Gasteiger partial charge in [0.1, 0.15) is 11.6 Å². The van der Waals surface area contributed by atoms with E-state index < -0.39 is 23.3 Å². The van der Waals surface area contributed by atoms with Crippen LogP contribution in [0.15, 0.2) is 36.4 Å². The minimum Gasteiger partial charge on any atom is -0.497 e. The number of carbonyl (C=O) groups is 3. The van der Waals surface area contributed by atoms with Crippen molar-refractivity contribution in [2.75, 3.05) is 13.7 Å². The third-order valence-electron chi connectivity index (χ3n) is 5.16. The average molecular weight is 407 g/mol. The smallest absolute Gasteiger partial charge is 0.323 e. The standard InChI is InChI=1S/C22H18FN3O4/c1-13-3-4-14(9-18(13)23)7-8-22(20(28)24-21(29)25-22)12-26-11-15-5-6-16(30-2)10-17(15)19(26)27/h3-6,9-10H,11-12H2,1-2H3,(H2,24,25,28,29)/t22-/m1/s1. The van der Waals surface area contributed by atoms with E-state index >= 15 is 0 Å². The predicted molar refractivity (Wildman–Crippen MR) is 105 cm³/mol. The van der Waals surface area contributed by atoms with Crippen molar-refractivity contribution in [3.63, 3.8) is 0 Å². The second-order valence-electron chi connectivity index (χ2n) is 7.21. The first kappa shape index (κ1) is 19.5. The van der Waals surface area contributed by atoms with E-state index in [9.17, 15) is 18.8 Å². The summed E-state index contributed by atoms with van der Waals surface area (Å²) in [5.41, 5.74) is 0.447. The molecule has 8 heteroatoms. The van der Waals surface area contributed by atoms with Gasteiger partial charge in [0.25, 0.3) is 11.8 Å². The number of fused-ring (bicyclic) bond motifs is 1.